The van der Waals surface area contributed by atoms with Gasteiger partial charge in [-0.05, 0) is 42.0 Å². The van der Waals surface area contributed by atoms with Gasteiger partial charge in [-0.15, -0.1) is 0 Å². The van der Waals surface area contributed by atoms with E-state index in [1.165, 1.54) is 17.7 Å². The van der Waals surface area contributed by atoms with Crippen LogP contribution in [0.5, 0.6) is 11.6 Å². The maximum absolute atomic E-state index is 13.0. The number of likely N-dealkylation sites (tertiary alicyclic amines) is 1. The maximum Gasteiger partial charge on any atom is 0.407 e. The van der Waals surface area contributed by atoms with E-state index in [0.29, 0.717) is 31.0 Å². The van der Waals surface area contributed by atoms with Gasteiger partial charge in [0, 0.05) is 18.7 Å². The molecule has 1 fully saturated rings. The van der Waals surface area contributed by atoms with Gasteiger partial charge in [0.2, 0.25) is 5.88 Å². The number of hydrogen-bond donors (Lipinski definition) is 1. The summed E-state index contributed by atoms with van der Waals surface area (Å²) in [7, 11) is 0. The Morgan fingerprint density at radius 1 is 1.32 bits per heavy atom. The predicted octanol–water partition coefficient (Wildman–Crippen LogP) is 5.58. The number of carbonyl (C=O) groups is 1. The van der Waals surface area contributed by atoms with Gasteiger partial charge in [0.25, 0.3) is 0 Å². The van der Waals surface area contributed by atoms with Gasteiger partial charge in [-0.25, -0.2) is 14.2 Å². The van der Waals surface area contributed by atoms with Crippen LogP contribution in [-0.2, 0) is 0 Å². The Bertz CT molecular complexity index is 872. The van der Waals surface area contributed by atoms with Crippen molar-refractivity contribution in [2.45, 2.75) is 39.7 Å². The molecule has 0 spiro atoms. The molecule has 0 aliphatic carbocycles. The molecule has 28 heavy (non-hydrogen) atoms. The number of rotatable bonds is 3. The van der Waals surface area contributed by atoms with Gasteiger partial charge in [-0.1, -0.05) is 44.6 Å². The average Bonchev–Trinajstić information content (AvgIpc) is 2.63. The number of amides is 1. The first-order chi connectivity index (χ1) is 13.2. The molecule has 1 N–H and O–H groups in total. The number of nitrogens with zero attached hydrogens (tertiary/aromatic N) is 2. The highest BCUT2D eigenvalue weighted by molar-refractivity contribution is 5.66. The molecule has 2 aromatic rings. The van der Waals surface area contributed by atoms with E-state index < -0.39 is 11.9 Å². The molecule has 0 radical (unpaired) electrons. The Balaban J connectivity index is 1.77. The summed E-state index contributed by atoms with van der Waals surface area (Å²) in [5, 5.41) is 9.50. The molecule has 1 aliphatic rings. The second-order valence-corrected chi connectivity index (χ2v) is 8.10. The van der Waals surface area contributed by atoms with Crippen molar-refractivity contribution in [2.75, 3.05) is 6.54 Å². The zero-order valence-electron chi connectivity index (χ0n) is 16.4. The molecule has 1 unspecified atom stereocenters. The molecule has 5 nitrogen and oxygen atoms in total. The number of piperidine rings is 1. The highest BCUT2D eigenvalue weighted by atomic mass is 19.1. The Morgan fingerprint density at radius 3 is 2.75 bits per heavy atom. The average molecular weight is 384 g/mol. The second-order valence-electron chi connectivity index (χ2n) is 8.10. The van der Waals surface area contributed by atoms with E-state index in [1.54, 1.807) is 4.90 Å². The largest absolute Gasteiger partial charge is 0.465 e. The van der Waals surface area contributed by atoms with Crippen molar-refractivity contribution in [1.82, 2.24) is 9.88 Å². The van der Waals surface area contributed by atoms with Crippen LogP contribution in [0.15, 0.2) is 48.2 Å². The molecule has 1 atom stereocenters. The van der Waals surface area contributed by atoms with Crippen LogP contribution < -0.4 is 4.74 Å². The molecular weight excluding hydrogens is 359 g/mol. The van der Waals surface area contributed by atoms with Gasteiger partial charge >= 0.3 is 6.09 Å². The summed E-state index contributed by atoms with van der Waals surface area (Å²) in [6.45, 7) is 6.71. The third-order valence-corrected chi connectivity index (χ3v) is 4.90. The number of hydrogen-bond acceptors (Lipinski definition) is 3. The summed E-state index contributed by atoms with van der Waals surface area (Å²) in [5.74, 6) is 0.532. The number of benzene rings is 1. The molecule has 1 aliphatic heterocycles. The molecular formula is C22H25FN2O3. The van der Waals surface area contributed by atoms with Crippen LogP contribution in [0.2, 0.25) is 0 Å². The third-order valence-electron chi connectivity index (χ3n) is 4.90. The van der Waals surface area contributed by atoms with Crippen LogP contribution in [0.3, 0.4) is 0 Å². The van der Waals surface area contributed by atoms with Crippen molar-refractivity contribution in [1.29, 1.82) is 0 Å². The lowest BCUT2D eigenvalue weighted by Crippen LogP contribution is -2.50. The molecule has 1 aromatic heterocycles. The number of halogens is 1. The second kappa shape index (κ2) is 8.00. The lowest BCUT2D eigenvalue weighted by atomic mass is 9.79. The number of aromatic nitrogens is 1. The van der Waals surface area contributed by atoms with Gasteiger partial charge in [-0.2, -0.15) is 0 Å². The Kier molecular flexibility index (Phi) is 5.68. The molecule has 2 heterocycles. The van der Waals surface area contributed by atoms with E-state index in [1.807, 2.05) is 24.3 Å². The topological polar surface area (TPSA) is 62.7 Å². The lowest BCUT2D eigenvalue weighted by molar-refractivity contribution is 0.0724. The van der Waals surface area contributed by atoms with Crippen molar-refractivity contribution in [3.05, 3.63) is 59.5 Å². The van der Waals surface area contributed by atoms with Gasteiger partial charge in [0.1, 0.15) is 11.6 Å². The van der Waals surface area contributed by atoms with Crippen LogP contribution >= 0.6 is 0 Å². The molecule has 1 amide bonds. The summed E-state index contributed by atoms with van der Waals surface area (Å²) >= 11 is 0. The zero-order valence-corrected chi connectivity index (χ0v) is 16.4. The van der Waals surface area contributed by atoms with Crippen LogP contribution in [0.4, 0.5) is 9.18 Å². The minimum absolute atomic E-state index is 0.0622. The normalized spacial score (nSPS) is 18.9. The lowest BCUT2D eigenvalue weighted by Gasteiger charge is -2.42. The smallest absolute Gasteiger partial charge is 0.407 e. The maximum atomic E-state index is 13.0. The molecule has 0 bridgehead atoms. The molecule has 1 aromatic carbocycles. The first-order valence-electron chi connectivity index (χ1n) is 9.31. The summed E-state index contributed by atoms with van der Waals surface area (Å²) in [6.07, 6.45) is 3.78. The number of ether oxygens (including phenoxy) is 1. The summed E-state index contributed by atoms with van der Waals surface area (Å²) < 4.78 is 18.7. The van der Waals surface area contributed by atoms with Crippen molar-refractivity contribution in [2.24, 2.45) is 5.41 Å². The van der Waals surface area contributed by atoms with Gasteiger partial charge in [-0.3, -0.25) is 0 Å². The Morgan fingerprint density at radius 2 is 2.11 bits per heavy atom. The van der Waals surface area contributed by atoms with Crippen molar-refractivity contribution in [3.63, 3.8) is 0 Å². The highest BCUT2D eigenvalue weighted by Crippen LogP contribution is 2.35. The van der Waals surface area contributed by atoms with E-state index in [9.17, 15) is 14.3 Å². The number of carboxylic acid groups (broad SMARTS) is 1. The van der Waals surface area contributed by atoms with Gasteiger partial charge < -0.3 is 14.7 Å². The first kappa shape index (κ1) is 19.9. The van der Waals surface area contributed by atoms with Crippen LogP contribution in [-0.4, -0.2) is 33.7 Å². The van der Waals surface area contributed by atoms with Crippen molar-refractivity contribution >= 4 is 12.2 Å². The minimum atomic E-state index is -0.860. The SMILES string of the molecule is CC(C)(C)C1CC(=Cc2cccc(Oc3ccc(F)cn3)c2)CCN1C(=O)O. The van der Waals surface area contributed by atoms with Crippen molar-refractivity contribution < 1.29 is 19.0 Å². The van der Waals surface area contributed by atoms with E-state index >= 15 is 0 Å². The van der Waals surface area contributed by atoms with Crippen molar-refractivity contribution in [3.8, 4) is 11.6 Å². The Labute approximate surface area is 164 Å². The first-order valence-corrected chi connectivity index (χ1v) is 9.31. The predicted molar refractivity (Wildman–Crippen MR) is 106 cm³/mol. The molecule has 3 rings (SSSR count). The van der Waals surface area contributed by atoms with Gasteiger partial charge in [0.05, 0.1) is 6.20 Å². The standard InChI is InChI=1S/C22H25FN2O3/c1-22(2,3)19-13-16(9-10-25(19)21(26)27)11-15-5-4-6-18(12-15)28-20-8-7-17(23)14-24-20/h4-8,11-12,14,19H,9-10,13H2,1-3H3,(H,26,27). The van der Waals surface area contributed by atoms with Crippen LogP contribution in [0, 0.1) is 11.2 Å². The fourth-order valence-electron chi connectivity index (χ4n) is 3.46. The molecule has 1 saturated heterocycles. The van der Waals surface area contributed by atoms with Crippen LogP contribution in [0.25, 0.3) is 6.08 Å². The fourth-order valence-corrected chi connectivity index (χ4v) is 3.46. The Hall–Kier alpha value is -2.89. The van der Waals surface area contributed by atoms with Crippen LogP contribution in [0.1, 0.15) is 39.2 Å². The quantitative estimate of drug-likeness (QED) is 0.750. The summed E-state index contributed by atoms with van der Waals surface area (Å²) in [4.78, 5) is 17.0. The van der Waals surface area contributed by atoms with Gasteiger partial charge in [0.15, 0.2) is 0 Å². The molecule has 6 heteroatoms. The third kappa shape index (κ3) is 4.88. The summed E-state index contributed by atoms with van der Waals surface area (Å²) in [5.41, 5.74) is 2.05. The summed E-state index contributed by atoms with van der Waals surface area (Å²) in [6, 6.07) is 10.3. The van der Waals surface area contributed by atoms with E-state index in [-0.39, 0.29) is 11.5 Å². The highest BCUT2D eigenvalue weighted by Gasteiger charge is 2.36. The molecule has 148 valence electrons. The monoisotopic (exact) mass is 384 g/mol. The fraction of sp³-hybridized carbons (Fsp3) is 0.364. The number of pyridine rings is 1. The minimum Gasteiger partial charge on any atom is -0.465 e. The van der Waals surface area contributed by atoms with E-state index in [4.69, 9.17) is 4.74 Å². The molecule has 0 saturated carbocycles. The van der Waals surface area contributed by atoms with E-state index in [2.05, 4.69) is 31.8 Å². The van der Waals surface area contributed by atoms with E-state index in [0.717, 1.165) is 11.8 Å². The zero-order chi connectivity index (χ0) is 20.3.